The normalized spacial score (nSPS) is 14.5. The third-order valence-electron chi connectivity index (χ3n) is 4.82. The molecule has 28 heavy (non-hydrogen) atoms. The number of urea groups is 1. The molecule has 0 spiro atoms. The molecule has 0 bridgehead atoms. The van der Waals surface area contributed by atoms with E-state index >= 15 is 0 Å². The Hall–Kier alpha value is -2.52. The average Bonchev–Trinajstić information content (AvgIpc) is 3.38. The van der Waals surface area contributed by atoms with Crippen molar-refractivity contribution in [1.29, 1.82) is 0 Å². The van der Waals surface area contributed by atoms with E-state index in [9.17, 15) is 14.4 Å². The molecule has 7 nitrogen and oxygen atoms in total. The van der Waals surface area contributed by atoms with Crippen LogP contribution in [0.1, 0.15) is 30.6 Å². The second-order valence-corrected chi connectivity index (χ2v) is 9.07. The summed E-state index contributed by atoms with van der Waals surface area (Å²) in [4.78, 5) is 44.2. The fourth-order valence-corrected chi connectivity index (χ4v) is 5.32. The van der Waals surface area contributed by atoms with E-state index in [1.807, 2.05) is 24.4 Å². The predicted octanol–water partition coefficient (Wildman–Crippen LogP) is 3.26. The van der Waals surface area contributed by atoms with Gasteiger partial charge in [-0.25, -0.2) is 9.78 Å². The molecule has 3 aromatic heterocycles. The second kappa shape index (κ2) is 7.84. The number of aryl methyl sites for hydroxylation is 1. The third kappa shape index (κ3) is 3.85. The molecular weight excluding hydrogens is 396 g/mol. The zero-order chi connectivity index (χ0) is 19.7. The molecule has 0 radical (unpaired) electrons. The Morgan fingerprint density at radius 2 is 2.07 bits per heavy atom. The maximum atomic E-state index is 12.9. The summed E-state index contributed by atoms with van der Waals surface area (Å²) in [6.07, 6.45) is 5.41. The highest BCUT2D eigenvalue weighted by molar-refractivity contribution is 7.19. The van der Waals surface area contributed by atoms with Crippen molar-refractivity contribution in [3.63, 3.8) is 0 Å². The number of nitrogens with one attached hydrogen (secondary N) is 2. The molecule has 0 unspecified atom stereocenters. The number of aromatic nitrogens is 2. The number of nitrogens with zero attached hydrogens (tertiary/aromatic N) is 2. The Morgan fingerprint density at radius 1 is 1.29 bits per heavy atom. The highest BCUT2D eigenvalue weighted by Crippen LogP contribution is 2.34. The molecule has 0 aliphatic heterocycles. The van der Waals surface area contributed by atoms with E-state index in [0.29, 0.717) is 10.2 Å². The Morgan fingerprint density at radius 3 is 2.79 bits per heavy atom. The van der Waals surface area contributed by atoms with Crippen molar-refractivity contribution in [1.82, 2.24) is 20.2 Å². The lowest BCUT2D eigenvalue weighted by Crippen LogP contribution is -2.45. The number of carbonyl (C=O) groups is 2. The van der Waals surface area contributed by atoms with E-state index in [-0.39, 0.29) is 18.1 Å². The first kappa shape index (κ1) is 18.8. The first-order valence-corrected chi connectivity index (χ1v) is 10.8. The van der Waals surface area contributed by atoms with Crippen LogP contribution in [0, 0.1) is 6.92 Å². The standard InChI is InChI=1S/C19H20N4O3S2/c1-11-6-7-14(28-11)13-9-27-17-16(13)18(25)23(10-20-17)8-15(24)22-19(26)21-12-4-2-3-5-12/h6-7,9-10,12H,2-5,8H2,1H3,(H2,21,22,24,26). The van der Waals surface area contributed by atoms with Crippen LogP contribution < -0.4 is 16.2 Å². The summed E-state index contributed by atoms with van der Waals surface area (Å²) in [5, 5.41) is 7.53. The van der Waals surface area contributed by atoms with Crippen LogP contribution in [0.3, 0.4) is 0 Å². The molecule has 1 saturated carbocycles. The third-order valence-corrected chi connectivity index (χ3v) is 6.74. The fraction of sp³-hybridized carbons (Fsp3) is 0.368. The quantitative estimate of drug-likeness (QED) is 0.683. The first-order valence-electron chi connectivity index (χ1n) is 9.15. The SMILES string of the molecule is Cc1ccc(-c2csc3ncn(CC(=O)NC(=O)NC4CCCC4)c(=O)c23)s1. The maximum absolute atomic E-state index is 12.9. The van der Waals surface area contributed by atoms with Crippen molar-refractivity contribution in [3.8, 4) is 10.4 Å². The summed E-state index contributed by atoms with van der Waals surface area (Å²) >= 11 is 3.02. The minimum Gasteiger partial charge on any atom is -0.335 e. The Balaban J connectivity index is 1.52. The van der Waals surface area contributed by atoms with Crippen LogP contribution in [0.4, 0.5) is 4.79 Å². The van der Waals surface area contributed by atoms with Gasteiger partial charge in [0.2, 0.25) is 5.91 Å². The number of carbonyl (C=O) groups excluding carboxylic acids is 2. The van der Waals surface area contributed by atoms with Crippen LogP contribution in [0.25, 0.3) is 20.7 Å². The Kier molecular flexibility index (Phi) is 5.27. The molecule has 146 valence electrons. The molecule has 4 rings (SSSR count). The predicted molar refractivity (Wildman–Crippen MR) is 111 cm³/mol. The van der Waals surface area contributed by atoms with Gasteiger partial charge in [0.15, 0.2) is 0 Å². The molecular formula is C19H20N4O3S2. The number of fused-ring (bicyclic) bond motifs is 1. The topological polar surface area (TPSA) is 93.1 Å². The van der Waals surface area contributed by atoms with E-state index in [1.165, 1.54) is 22.2 Å². The van der Waals surface area contributed by atoms with Gasteiger partial charge in [-0.15, -0.1) is 22.7 Å². The van der Waals surface area contributed by atoms with Gasteiger partial charge in [0, 0.05) is 26.7 Å². The number of thiophene rings is 2. The van der Waals surface area contributed by atoms with Crippen LogP contribution in [0.15, 0.2) is 28.6 Å². The zero-order valence-electron chi connectivity index (χ0n) is 15.4. The monoisotopic (exact) mass is 416 g/mol. The van der Waals surface area contributed by atoms with E-state index in [1.54, 1.807) is 11.3 Å². The minimum atomic E-state index is -0.539. The zero-order valence-corrected chi connectivity index (χ0v) is 17.0. The average molecular weight is 417 g/mol. The van der Waals surface area contributed by atoms with Gasteiger partial charge in [-0.3, -0.25) is 19.5 Å². The Bertz CT molecular complexity index is 1090. The van der Waals surface area contributed by atoms with Gasteiger partial charge in [0.1, 0.15) is 11.4 Å². The van der Waals surface area contributed by atoms with E-state index in [2.05, 4.69) is 15.6 Å². The highest BCUT2D eigenvalue weighted by atomic mass is 32.1. The van der Waals surface area contributed by atoms with Crippen LogP contribution in [0.2, 0.25) is 0 Å². The second-order valence-electron chi connectivity index (χ2n) is 6.92. The van der Waals surface area contributed by atoms with Gasteiger partial charge >= 0.3 is 6.03 Å². The van der Waals surface area contributed by atoms with Gasteiger partial charge in [-0.2, -0.15) is 0 Å². The number of hydrogen-bond acceptors (Lipinski definition) is 6. The number of hydrogen-bond donors (Lipinski definition) is 2. The molecule has 9 heteroatoms. The van der Waals surface area contributed by atoms with Gasteiger partial charge in [-0.05, 0) is 31.9 Å². The molecule has 1 fully saturated rings. The summed E-state index contributed by atoms with van der Waals surface area (Å²) in [7, 11) is 0. The van der Waals surface area contributed by atoms with Gasteiger partial charge < -0.3 is 5.32 Å². The lowest BCUT2D eigenvalue weighted by atomic mass is 10.2. The summed E-state index contributed by atoms with van der Waals surface area (Å²) in [6.45, 7) is 1.76. The molecule has 2 N–H and O–H groups in total. The molecule has 3 heterocycles. The molecule has 3 amide bonds. The number of rotatable bonds is 4. The summed E-state index contributed by atoms with van der Waals surface area (Å²) in [5.41, 5.74) is 0.558. The van der Waals surface area contributed by atoms with Crippen LogP contribution in [-0.4, -0.2) is 27.5 Å². The van der Waals surface area contributed by atoms with Crippen LogP contribution >= 0.6 is 22.7 Å². The van der Waals surface area contributed by atoms with Crippen LogP contribution in [0.5, 0.6) is 0 Å². The van der Waals surface area contributed by atoms with Crippen molar-refractivity contribution in [2.75, 3.05) is 0 Å². The summed E-state index contributed by atoms with van der Waals surface area (Å²) in [6, 6.07) is 3.60. The van der Waals surface area contributed by atoms with E-state index in [4.69, 9.17) is 0 Å². The molecule has 0 saturated heterocycles. The molecule has 3 aromatic rings. The van der Waals surface area contributed by atoms with E-state index in [0.717, 1.165) is 41.0 Å². The highest BCUT2D eigenvalue weighted by Gasteiger charge is 2.19. The molecule has 1 aliphatic rings. The smallest absolute Gasteiger partial charge is 0.321 e. The maximum Gasteiger partial charge on any atom is 0.321 e. The largest absolute Gasteiger partial charge is 0.335 e. The van der Waals surface area contributed by atoms with Crippen molar-refractivity contribution in [2.24, 2.45) is 0 Å². The number of amides is 3. The lowest BCUT2D eigenvalue weighted by Gasteiger charge is -2.12. The summed E-state index contributed by atoms with van der Waals surface area (Å²) < 4.78 is 1.25. The van der Waals surface area contributed by atoms with Crippen molar-refractivity contribution >= 4 is 44.8 Å². The van der Waals surface area contributed by atoms with Crippen molar-refractivity contribution in [3.05, 3.63) is 39.1 Å². The van der Waals surface area contributed by atoms with E-state index < -0.39 is 11.9 Å². The van der Waals surface area contributed by atoms with Gasteiger partial charge in [0.25, 0.3) is 5.56 Å². The number of imide groups is 1. The Labute approximate surface area is 169 Å². The molecule has 1 aliphatic carbocycles. The van der Waals surface area contributed by atoms with Crippen molar-refractivity contribution < 1.29 is 9.59 Å². The van der Waals surface area contributed by atoms with Crippen LogP contribution in [-0.2, 0) is 11.3 Å². The fourth-order valence-electron chi connectivity index (χ4n) is 3.45. The summed E-state index contributed by atoms with van der Waals surface area (Å²) in [5.74, 6) is -0.539. The van der Waals surface area contributed by atoms with Gasteiger partial charge in [0.05, 0.1) is 11.7 Å². The molecule has 0 aromatic carbocycles. The first-order chi connectivity index (χ1) is 13.5. The van der Waals surface area contributed by atoms with Gasteiger partial charge in [-0.1, -0.05) is 12.8 Å². The molecule has 0 atom stereocenters. The lowest BCUT2D eigenvalue weighted by molar-refractivity contribution is -0.120. The minimum absolute atomic E-state index is 0.121. The van der Waals surface area contributed by atoms with Crippen molar-refractivity contribution in [2.45, 2.75) is 45.2 Å².